The van der Waals surface area contributed by atoms with Gasteiger partial charge in [0.05, 0.1) is 11.5 Å². The summed E-state index contributed by atoms with van der Waals surface area (Å²) in [5.41, 5.74) is 0. The van der Waals surface area contributed by atoms with Crippen LogP contribution in [0.3, 0.4) is 0 Å². The van der Waals surface area contributed by atoms with E-state index < -0.39 is 23.5 Å². The molecule has 86 valence electrons. The Hall–Kier alpha value is -1.49. The lowest BCUT2D eigenvalue weighted by molar-refractivity contribution is -0.148. The average Bonchev–Trinajstić information content (AvgIpc) is 2.70. The summed E-state index contributed by atoms with van der Waals surface area (Å²) in [6, 6.07) is 3.28. The van der Waals surface area contributed by atoms with Gasteiger partial charge in [-0.25, -0.2) is 0 Å². The Morgan fingerprint density at radius 1 is 1.44 bits per heavy atom. The Morgan fingerprint density at radius 2 is 2.12 bits per heavy atom. The monoisotopic (exact) mass is 240 g/mol. The van der Waals surface area contributed by atoms with Gasteiger partial charge in [0.2, 0.25) is 0 Å². The van der Waals surface area contributed by atoms with Crippen LogP contribution in [0.25, 0.3) is 0 Å². The first kappa shape index (κ1) is 12.6. The molecule has 16 heavy (non-hydrogen) atoms. The van der Waals surface area contributed by atoms with Gasteiger partial charge in [0.1, 0.15) is 0 Å². The molecule has 0 unspecified atom stereocenters. The van der Waals surface area contributed by atoms with Crippen molar-refractivity contribution in [3.63, 3.8) is 0 Å². The number of esters is 1. The van der Waals surface area contributed by atoms with E-state index in [9.17, 15) is 14.4 Å². The smallest absolute Gasteiger partial charge is 0.324 e. The fraction of sp³-hybridized carbons (Fsp3) is 0.364. The van der Waals surface area contributed by atoms with Gasteiger partial charge in [0.25, 0.3) is 0 Å². The number of hydrogen-bond acceptors (Lipinski definition) is 5. The van der Waals surface area contributed by atoms with Crippen molar-refractivity contribution >= 4 is 28.9 Å². The average molecular weight is 240 g/mol. The van der Waals surface area contributed by atoms with Gasteiger partial charge in [0, 0.05) is 0 Å². The molecule has 0 saturated heterocycles. The quantitative estimate of drug-likeness (QED) is 0.446. The number of carbonyl (C=O) groups is 3. The summed E-state index contributed by atoms with van der Waals surface area (Å²) in [7, 11) is 0. The fourth-order valence-corrected chi connectivity index (χ4v) is 1.94. The molecule has 0 fully saturated rings. The molecule has 0 saturated carbocycles. The number of hydrogen-bond donors (Lipinski definition) is 0. The Bertz CT molecular complexity index is 394. The van der Waals surface area contributed by atoms with Crippen molar-refractivity contribution in [3.8, 4) is 0 Å². The zero-order valence-electron chi connectivity index (χ0n) is 9.06. The SMILES string of the molecule is CCOC(=O)[C@@H](C(C)=O)C(=O)c1cccs1. The highest BCUT2D eigenvalue weighted by molar-refractivity contribution is 7.12. The Labute approximate surface area is 97.2 Å². The molecular weight excluding hydrogens is 228 g/mol. The van der Waals surface area contributed by atoms with Gasteiger partial charge >= 0.3 is 5.97 Å². The summed E-state index contributed by atoms with van der Waals surface area (Å²) in [6.07, 6.45) is 0. The van der Waals surface area contributed by atoms with Crippen molar-refractivity contribution in [2.45, 2.75) is 13.8 Å². The zero-order chi connectivity index (χ0) is 12.1. The summed E-state index contributed by atoms with van der Waals surface area (Å²) in [4.78, 5) is 35.0. The maximum atomic E-state index is 11.9. The molecule has 1 heterocycles. The second-order valence-corrected chi connectivity index (χ2v) is 4.08. The van der Waals surface area contributed by atoms with Crippen LogP contribution < -0.4 is 0 Å². The predicted octanol–water partition coefficient (Wildman–Crippen LogP) is 1.70. The van der Waals surface area contributed by atoms with E-state index in [1.165, 1.54) is 18.3 Å². The molecule has 0 bridgehead atoms. The molecule has 1 atom stereocenters. The van der Waals surface area contributed by atoms with E-state index in [-0.39, 0.29) is 6.61 Å². The van der Waals surface area contributed by atoms with Crippen LogP contribution in [0, 0.1) is 5.92 Å². The van der Waals surface area contributed by atoms with E-state index in [1.807, 2.05) is 0 Å². The van der Waals surface area contributed by atoms with Gasteiger partial charge in [-0.15, -0.1) is 11.3 Å². The van der Waals surface area contributed by atoms with E-state index in [4.69, 9.17) is 4.74 Å². The Balaban J connectivity index is 2.91. The molecule has 0 aliphatic heterocycles. The van der Waals surface area contributed by atoms with Gasteiger partial charge in [-0.3, -0.25) is 14.4 Å². The van der Waals surface area contributed by atoms with Crippen LogP contribution in [0.5, 0.6) is 0 Å². The lowest BCUT2D eigenvalue weighted by atomic mass is 9.99. The highest BCUT2D eigenvalue weighted by Crippen LogP contribution is 2.16. The highest BCUT2D eigenvalue weighted by Gasteiger charge is 2.33. The van der Waals surface area contributed by atoms with E-state index >= 15 is 0 Å². The number of ether oxygens (including phenoxy) is 1. The summed E-state index contributed by atoms with van der Waals surface area (Å²) in [5.74, 6) is -3.07. The Morgan fingerprint density at radius 3 is 2.56 bits per heavy atom. The maximum absolute atomic E-state index is 11.9. The summed E-state index contributed by atoms with van der Waals surface area (Å²) < 4.78 is 4.71. The van der Waals surface area contributed by atoms with Gasteiger partial charge in [-0.1, -0.05) is 6.07 Å². The van der Waals surface area contributed by atoms with Crippen LogP contribution in [0.15, 0.2) is 17.5 Å². The first-order chi connectivity index (χ1) is 7.57. The first-order valence-corrected chi connectivity index (χ1v) is 5.70. The van der Waals surface area contributed by atoms with Crippen molar-refractivity contribution in [3.05, 3.63) is 22.4 Å². The van der Waals surface area contributed by atoms with Crippen LogP contribution in [0.4, 0.5) is 0 Å². The highest BCUT2D eigenvalue weighted by atomic mass is 32.1. The summed E-state index contributed by atoms with van der Waals surface area (Å²) >= 11 is 1.20. The lowest BCUT2D eigenvalue weighted by Gasteiger charge is -2.10. The molecule has 0 aliphatic carbocycles. The fourth-order valence-electron chi connectivity index (χ4n) is 1.24. The first-order valence-electron chi connectivity index (χ1n) is 4.82. The van der Waals surface area contributed by atoms with Crippen molar-refractivity contribution in [1.82, 2.24) is 0 Å². The molecule has 0 radical (unpaired) electrons. The minimum atomic E-state index is -1.32. The molecular formula is C11H12O4S. The third-order valence-corrected chi connectivity index (χ3v) is 2.84. The number of ketones is 2. The van der Waals surface area contributed by atoms with Crippen molar-refractivity contribution < 1.29 is 19.1 Å². The zero-order valence-corrected chi connectivity index (χ0v) is 9.87. The number of Topliss-reactive ketones (excluding diaryl/α,β-unsaturated/α-hetero) is 2. The largest absolute Gasteiger partial charge is 0.465 e. The number of carbonyl (C=O) groups excluding carboxylic acids is 3. The lowest BCUT2D eigenvalue weighted by Crippen LogP contribution is -2.31. The molecule has 0 spiro atoms. The summed E-state index contributed by atoms with van der Waals surface area (Å²) in [5, 5.41) is 1.72. The van der Waals surface area contributed by atoms with Crippen LogP contribution in [0.2, 0.25) is 0 Å². The number of thiophene rings is 1. The van der Waals surface area contributed by atoms with E-state index in [1.54, 1.807) is 24.4 Å². The van der Waals surface area contributed by atoms with Crippen molar-refractivity contribution in [2.75, 3.05) is 6.61 Å². The predicted molar refractivity (Wildman–Crippen MR) is 59.5 cm³/mol. The van der Waals surface area contributed by atoms with Crippen LogP contribution in [-0.4, -0.2) is 24.1 Å². The van der Waals surface area contributed by atoms with Crippen molar-refractivity contribution in [1.29, 1.82) is 0 Å². The van der Waals surface area contributed by atoms with Gasteiger partial charge in [-0.2, -0.15) is 0 Å². The van der Waals surface area contributed by atoms with E-state index in [0.29, 0.717) is 4.88 Å². The van der Waals surface area contributed by atoms with Gasteiger partial charge in [0.15, 0.2) is 17.5 Å². The molecule has 0 aliphatic rings. The molecule has 1 aromatic heterocycles. The molecule has 0 amide bonds. The van der Waals surface area contributed by atoms with E-state index in [0.717, 1.165) is 0 Å². The normalized spacial score (nSPS) is 11.9. The minimum absolute atomic E-state index is 0.153. The van der Waals surface area contributed by atoms with Crippen LogP contribution in [0.1, 0.15) is 23.5 Å². The summed E-state index contributed by atoms with van der Waals surface area (Å²) in [6.45, 7) is 3.00. The van der Waals surface area contributed by atoms with Gasteiger partial charge in [-0.05, 0) is 25.3 Å². The minimum Gasteiger partial charge on any atom is -0.465 e. The van der Waals surface area contributed by atoms with E-state index in [2.05, 4.69) is 0 Å². The maximum Gasteiger partial charge on any atom is 0.324 e. The second-order valence-electron chi connectivity index (χ2n) is 3.14. The third kappa shape index (κ3) is 2.76. The standard InChI is InChI=1S/C11H12O4S/c1-3-15-11(14)9(7(2)12)10(13)8-5-4-6-16-8/h4-6,9H,3H2,1-2H3/t9-/m0/s1. The molecule has 0 aromatic carbocycles. The number of rotatable bonds is 5. The van der Waals surface area contributed by atoms with Gasteiger partial charge < -0.3 is 4.74 Å². The third-order valence-electron chi connectivity index (χ3n) is 1.96. The topological polar surface area (TPSA) is 60.4 Å². The van der Waals surface area contributed by atoms with Crippen molar-refractivity contribution in [2.24, 2.45) is 5.92 Å². The van der Waals surface area contributed by atoms with Crippen LogP contribution in [-0.2, 0) is 14.3 Å². The Kier molecular flexibility index (Phi) is 4.37. The molecule has 4 nitrogen and oxygen atoms in total. The second kappa shape index (κ2) is 5.55. The molecule has 5 heteroatoms. The molecule has 1 rings (SSSR count). The molecule has 0 N–H and O–H groups in total. The van der Waals surface area contributed by atoms with Crippen LogP contribution >= 0.6 is 11.3 Å². The molecule has 1 aromatic rings.